The highest BCUT2D eigenvalue weighted by Gasteiger charge is 2.30. The molecule has 10 heteroatoms. The maximum Gasteiger partial charge on any atom is 0.573 e. The third-order valence-electron chi connectivity index (χ3n) is 4.16. The number of hydrogen-bond donors (Lipinski definition) is 1. The van der Waals surface area contributed by atoms with Crippen LogP contribution in [0, 0.1) is 9.87 Å². The zero-order valence-electron chi connectivity index (χ0n) is 14.1. The van der Waals surface area contributed by atoms with Gasteiger partial charge in [-0.2, -0.15) is 0 Å². The molecule has 0 bridgehead atoms. The van der Waals surface area contributed by atoms with Gasteiger partial charge in [-0.15, -0.1) is 18.3 Å². The molecule has 0 spiro atoms. The lowest BCUT2D eigenvalue weighted by molar-refractivity contribution is -0.274. The predicted octanol–water partition coefficient (Wildman–Crippen LogP) is 5.01. The van der Waals surface area contributed by atoms with Crippen molar-refractivity contribution < 1.29 is 17.9 Å². The lowest BCUT2D eigenvalue weighted by Gasteiger charge is -2.29. The molecular formula is C16H19F3N4OS2. The molecule has 1 fully saturated rings. The number of ether oxygens (including phenoxy) is 1. The van der Waals surface area contributed by atoms with Crippen LogP contribution in [0.5, 0.6) is 5.75 Å². The molecule has 26 heavy (non-hydrogen) atoms. The minimum atomic E-state index is -4.70. The number of nitrogens with one attached hydrogen (secondary N) is 1. The molecule has 142 valence electrons. The van der Waals surface area contributed by atoms with Gasteiger partial charge in [-0.25, -0.2) is 4.68 Å². The highest BCUT2D eigenvalue weighted by atomic mass is 32.1. The summed E-state index contributed by atoms with van der Waals surface area (Å²) >= 11 is 6.70. The highest BCUT2D eigenvalue weighted by molar-refractivity contribution is 7.73. The molecule has 0 radical (unpaired) electrons. The average Bonchev–Trinajstić information content (AvgIpc) is 2.89. The summed E-state index contributed by atoms with van der Waals surface area (Å²) in [6, 6.07) is 5.51. The van der Waals surface area contributed by atoms with E-state index in [1.54, 1.807) is 4.68 Å². The molecule has 1 N–H and O–H groups in total. The smallest absolute Gasteiger partial charge is 0.406 e. The van der Waals surface area contributed by atoms with Crippen LogP contribution in [0.25, 0.3) is 0 Å². The summed E-state index contributed by atoms with van der Waals surface area (Å²) in [5.74, 6) is 0.497. The molecule has 1 aliphatic rings. The summed E-state index contributed by atoms with van der Waals surface area (Å²) in [6.07, 6.45) is -2.34. The summed E-state index contributed by atoms with van der Waals surface area (Å²) in [7, 11) is 0. The van der Waals surface area contributed by atoms with E-state index in [-0.39, 0.29) is 5.75 Å². The Morgan fingerprint density at radius 1 is 1.27 bits per heavy atom. The molecule has 0 unspecified atom stereocenters. The van der Waals surface area contributed by atoms with E-state index >= 15 is 0 Å². The molecule has 3 rings (SSSR count). The summed E-state index contributed by atoms with van der Waals surface area (Å²) < 4.78 is 42.8. The number of halogens is 3. The number of rotatable bonds is 5. The molecular weight excluding hydrogens is 385 g/mol. The molecule has 0 aliphatic carbocycles. The first-order valence-corrected chi connectivity index (χ1v) is 9.44. The van der Waals surface area contributed by atoms with Gasteiger partial charge in [0.15, 0.2) is 3.95 Å². The van der Waals surface area contributed by atoms with E-state index in [4.69, 9.17) is 12.2 Å². The van der Waals surface area contributed by atoms with Gasteiger partial charge in [0.2, 0.25) is 5.13 Å². The van der Waals surface area contributed by atoms with Gasteiger partial charge in [-0.3, -0.25) is 4.90 Å². The van der Waals surface area contributed by atoms with Crippen molar-refractivity contribution in [3.8, 4) is 5.75 Å². The van der Waals surface area contributed by atoms with Crippen LogP contribution in [0.4, 0.5) is 24.0 Å². The lowest BCUT2D eigenvalue weighted by Crippen LogP contribution is -2.34. The molecule has 0 saturated carbocycles. The Morgan fingerprint density at radius 2 is 1.92 bits per heavy atom. The van der Waals surface area contributed by atoms with Gasteiger partial charge in [0.1, 0.15) is 5.75 Å². The fraction of sp³-hybridized carbons (Fsp3) is 0.500. The Bertz CT molecular complexity index is 780. The summed E-state index contributed by atoms with van der Waals surface area (Å²) in [6.45, 7) is 4.98. The number of alkyl halides is 3. The fourth-order valence-electron chi connectivity index (χ4n) is 2.70. The fourth-order valence-corrected chi connectivity index (χ4v) is 3.72. The van der Waals surface area contributed by atoms with Gasteiger partial charge >= 0.3 is 6.36 Å². The molecule has 2 aromatic rings. The molecule has 0 amide bonds. The monoisotopic (exact) mass is 404 g/mol. The second-order valence-corrected chi connectivity index (χ2v) is 7.93. The summed E-state index contributed by atoms with van der Waals surface area (Å²) in [5, 5.41) is 8.13. The Labute approximate surface area is 158 Å². The van der Waals surface area contributed by atoms with Crippen molar-refractivity contribution in [3.05, 3.63) is 28.2 Å². The van der Waals surface area contributed by atoms with Crippen LogP contribution in [0.3, 0.4) is 0 Å². The van der Waals surface area contributed by atoms with Crippen LogP contribution in [0.2, 0.25) is 0 Å². The predicted molar refractivity (Wildman–Crippen MR) is 97.3 cm³/mol. The van der Waals surface area contributed by atoms with Gasteiger partial charge in [-0.05, 0) is 55.2 Å². The van der Waals surface area contributed by atoms with E-state index in [2.05, 4.69) is 27.0 Å². The first-order valence-electron chi connectivity index (χ1n) is 8.21. The quantitative estimate of drug-likeness (QED) is 0.710. The topological polar surface area (TPSA) is 42.3 Å². The van der Waals surface area contributed by atoms with Crippen molar-refractivity contribution in [3.63, 3.8) is 0 Å². The van der Waals surface area contributed by atoms with E-state index in [0.29, 0.717) is 21.4 Å². The van der Waals surface area contributed by atoms with E-state index in [1.807, 2.05) is 0 Å². The molecule has 2 heterocycles. The number of nitrogens with zero attached hydrogens (tertiary/aromatic N) is 3. The van der Waals surface area contributed by atoms with Gasteiger partial charge < -0.3 is 10.1 Å². The van der Waals surface area contributed by atoms with Crippen LogP contribution >= 0.6 is 23.6 Å². The zero-order chi connectivity index (χ0) is 18.7. The first kappa shape index (κ1) is 19.1. The van der Waals surface area contributed by atoms with Crippen molar-refractivity contribution in [2.45, 2.75) is 32.8 Å². The Morgan fingerprint density at radius 3 is 2.54 bits per heavy atom. The number of aromatic nitrogens is 2. The molecule has 1 aromatic carbocycles. The highest BCUT2D eigenvalue weighted by Crippen LogP contribution is 2.26. The van der Waals surface area contributed by atoms with E-state index < -0.39 is 6.36 Å². The van der Waals surface area contributed by atoms with Crippen LogP contribution in [0.15, 0.2) is 24.3 Å². The lowest BCUT2D eigenvalue weighted by atomic mass is 10.00. The summed E-state index contributed by atoms with van der Waals surface area (Å²) in [4.78, 5) is 2.32. The van der Waals surface area contributed by atoms with Crippen molar-refractivity contribution in [2.24, 2.45) is 5.92 Å². The third-order valence-corrected chi connectivity index (χ3v) is 5.38. The normalized spacial score (nSPS) is 16.6. The number of likely N-dealkylation sites (tertiary alicyclic amines) is 1. The van der Waals surface area contributed by atoms with Crippen molar-refractivity contribution >= 4 is 34.4 Å². The summed E-state index contributed by atoms with van der Waals surface area (Å²) in [5.41, 5.74) is 0.613. The van der Waals surface area contributed by atoms with Crippen LogP contribution < -0.4 is 10.1 Å². The Hall–Kier alpha value is -1.65. The second-order valence-electron chi connectivity index (χ2n) is 6.31. The second kappa shape index (κ2) is 7.93. The van der Waals surface area contributed by atoms with Crippen LogP contribution in [-0.4, -0.2) is 34.1 Å². The maximum absolute atomic E-state index is 12.2. The van der Waals surface area contributed by atoms with Crippen LogP contribution in [0.1, 0.15) is 19.8 Å². The number of piperidine rings is 1. The van der Waals surface area contributed by atoms with Crippen molar-refractivity contribution in [1.82, 2.24) is 14.7 Å². The minimum absolute atomic E-state index is 0.263. The van der Waals surface area contributed by atoms with E-state index in [1.165, 1.54) is 48.4 Å². The number of anilines is 2. The van der Waals surface area contributed by atoms with E-state index in [0.717, 1.165) is 19.0 Å². The first-order chi connectivity index (χ1) is 12.3. The number of hydrogen-bond acceptors (Lipinski definition) is 6. The van der Waals surface area contributed by atoms with Gasteiger partial charge in [0, 0.05) is 18.8 Å². The van der Waals surface area contributed by atoms with Gasteiger partial charge in [-0.1, -0.05) is 18.3 Å². The van der Waals surface area contributed by atoms with Crippen molar-refractivity contribution in [2.75, 3.05) is 18.4 Å². The standard InChI is InChI=1S/C16H19F3N4OS2/c1-11-6-8-22(9-7-11)10-23-15(25)26-14(21-23)20-12-2-4-13(5-3-12)24-16(17,18)19/h2-5,11H,6-10H2,1H3,(H,20,21). The zero-order valence-corrected chi connectivity index (χ0v) is 15.8. The van der Waals surface area contributed by atoms with Crippen LogP contribution in [-0.2, 0) is 6.67 Å². The maximum atomic E-state index is 12.2. The molecule has 1 aliphatic heterocycles. The van der Waals surface area contributed by atoms with Gasteiger partial charge in [0.25, 0.3) is 0 Å². The number of benzene rings is 1. The van der Waals surface area contributed by atoms with Crippen molar-refractivity contribution in [1.29, 1.82) is 0 Å². The average molecular weight is 404 g/mol. The minimum Gasteiger partial charge on any atom is -0.406 e. The van der Waals surface area contributed by atoms with Gasteiger partial charge in [0.05, 0.1) is 6.67 Å². The molecule has 5 nitrogen and oxygen atoms in total. The SMILES string of the molecule is CC1CCN(Cn2nc(Nc3ccc(OC(F)(F)F)cc3)sc2=S)CC1. The molecule has 1 aromatic heterocycles. The molecule has 1 saturated heterocycles. The molecule has 0 atom stereocenters. The Kier molecular flexibility index (Phi) is 5.83. The largest absolute Gasteiger partial charge is 0.573 e. The Balaban J connectivity index is 1.61. The third kappa shape index (κ3) is 5.42. The van der Waals surface area contributed by atoms with E-state index in [9.17, 15) is 13.2 Å².